The van der Waals surface area contributed by atoms with Crippen LogP contribution in [0.1, 0.15) is 40.0 Å². The molecule has 1 fully saturated rings. The molecule has 0 N–H and O–H groups in total. The second-order valence-electron chi connectivity index (χ2n) is 6.67. The Labute approximate surface area is 117 Å². The van der Waals surface area contributed by atoms with Gasteiger partial charge in [-0.15, -0.1) is 0 Å². The second-order valence-corrected chi connectivity index (χ2v) is 11.8. The van der Waals surface area contributed by atoms with Crippen molar-refractivity contribution in [2.24, 2.45) is 0 Å². The normalized spacial score (nSPS) is 22.1. The summed E-state index contributed by atoms with van der Waals surface area (Å²) in [5.41, 5.74) is 0. The molecular formula is C13H26ClNO2Si. The lowest BCUT2D eigenvalue weighted by Crippen LogP contribution is -2.48. The van der Waals surface area contributed by atoms with Gasteiger partial charge in [-0.3, -0.25) is 4.79 Å². The molecule has 1 heterocycles. The molecule has 3 nitrogen and oxygen atoms in total. The number of carbonyl (C=O) groups excluding carboxylic acids is 1. The molecule has 0 spiro atoms. The third-order valence-corrected chi connectivity index (χ3v) is 9.01. The van der Waals surface area contributed by atoms with E-state index in [2.05, 4.69) is 33.9 Å². The minimum Gasteiger partial charge on any atom is -0.415 e. The molecule has 0 aliphatic carbocycles. The van der Waals surface area contributed by atoms with Gasteiger partial charge in [-0.05, 0) is 49.0 Å². The summed E-state index contributed by atoms with van der Waals surface area (Å²) < 4.78 is 6.20. The Morgan fingerprint density at radius 3 is 2.50 bits per heavy atom. The highest BCUT2D eigenvalue weighted by Gasteiger charge is 2.38. The van der Waals surface area contributed by atoms with Gasteiger partial charge in [-0.2, -0.15) is 0 Å². The molecule has 0 aromatic carbocycles. The van der Waals surface area contributed by atoms with Crippen molar-refractivity contribution in [1.82, 2.24) is 4.90 Å². The maximum Gasteiger partial charge on any atom is 0.316 e. The summed E-state index contributed by atoms with van der Waals surface area (Å²) in [5.74, 6) is 0. The Balaban J connectivity index is 2.58. The van der Waals surface area contributed by atoms with Gasteiger partial charge >= 0.3 is 5.37 Å². The number of rotatable bonds is 3. The van der Waals surface area contributed by atoms with Gasteiger partial charge in [0.1, 0.15) is 0 Å². The van der Waals surface area contributed by atoms with Gasteiger partial charge in [0.2, 0.25) is 0 Å². The molecule has 0 aromatic rings. The molecule has 5 heteroatoms. The van der Waals surface area contributed by atoms with Crippen molar-refractivity contribution < 1.29 is 9.22 Å². The van der Waals surface area contributed by atoms with Gasteiger partial charge in [0.05, 0.1) is 12.6 Å². The molecule has 106 valence electrons. The Morgan fingerprint density at radius 1 is 1.39 bits per heavy atom. The molecule has 0 aromatic heterocycles. The van der Waals surface area contributed by atoms with Crippen molar-refractivity contribution in [1.29, 1.82) is 0 Å². The number of hydrogen-bond donors (Lipinski definition) is 0. The van der Waals surface area contributed by atoms with Crippen LogP contribution in [-0.4, -0.2) is 37.8 Å². The zero-order valence-corrected chi connectivity index (χ0v) is 14.0. The maximum absolute atomic E-state index is 11.4. The van der Waals surface area contributed by atoms with E-state index in [1.54, 1.807) is 4.90 Å². The van der Waals surface area contributed by atoms with E-state index < -0.39 is 8.32 Å². The van der Waals surface area contributed by atoms with Gasteiger partial charge in [0.25, 0.3) is 0 Å². The number of nitrogens with zero attached hydrogens (tertiary/aromatic N) is 1. The Hall–Kier alpha value is -0.0631. The summed E-state index contributed by atoms with van der Waals surface area (Å²) >= 11 is 5.63. The van der Waals surface area contributed by atoms with Crippen LogP contribution in [0.3, 0.4) is 0 Å². The highest BCUT2D eigenvalue weighted by Crippen LogP contribution is 2.37. The van der Waals surface area contributed by atoms with Gasteiger partial charge in [0.15, 0.2) is 8.32 Å². The first-order valence-electron chi connectivity index (χ1n) is 6.75. The van der Waals surface area contributed by atoms with Crippen LogP contribution in [0.5, 0.6) is 0 Å². The molecule has 1 saturated heterocycles. The van der Waals surface area contributed by atoms with Gasteiger partial charge in [-0.25, -0.2) is 0 Å². The average molecular weight is 292 g/mol. The molecular weight excluding hydrogens is 266 g/mol. The molecule has 1 aliphatic rings. The standard InChI is InChI=1S/C13H26ClNO2Si/c1-13(2,3)18(4,5)17-10-11-8-6-7-9-15(11)12(14)16/h11H,6-10H2,1-5H3. The zero-order valence-electron chi connectivity index (χ0n) is 12.3. The third kappa shape index (κ3) is 3.97. The van der Waals surface area contributed by atoms with E-state index in [0.29, 0.717) is 6.61 Å². The van der Waals surface area contributed by atoms with Crippen LogP contribution in [0.15, 0.2) is 0 Å². The summed E-state index contributed by atoms with van der Waals surface area (Å²) in [6, 6.07) is 0.165. The SMILES string of the molecule is CC(C)(C)[Si](C)(C)OCC1CCCCN1C(=O)Cl. The molecule has 1 amide bonds. The molecule has 1 rings (SSSR count). The van der Waals surface area contributed by atoms with Gasteiger partial charge in [-0.1, -0.05) is 20.8 Å². The van der Waals surface area contributed by atoms with Gasteiger partial charge < -0.3 is 9.33 Å². The third-order valence-electron chi connectivity index (χ3n) is 4.30. The fraction of sp³-hybridized carbons (Fsp3) is 0.923. The summed E-state index contributed by atoms with van der Waals surface area (Å²) in [7, 11) is -1.73. The second kappa shape index (κ2) is 5.93. The van der Waals surface area contributed by atoms with Crippen LogP contribution < -0.4 is 0 Å². The molecule has 0 saturated carbocycles. The predicted molar refractivity (Wildman–Crippen MR) is 78.7 cm³/mol. The fourth-order valence-corrected chi connectivity index (χ4v) is 3.19. The number of carbonyl (C=O) groups is 1. The summed E-state index contributed by atoms with van der Waals surface area (Å²) in [6.45, 7) is 12.6. The predicted octanol–water partition coefficient (Wildman–Crippen LogP) is 4.22. The van der Waals surface area contributed by atoms with E-state index in [1.165, 1.54) is 0 Å². The van der Waals surface area contributed by atoms with Crippen molar-refractivity contribution in [3.05, 3.63) is 0 Å². The van der Waals surface area contributed by atoms with Crippen LogP contribution in [-0.2, 0) is 4.43 Å². The van der Waals surface area contributed by atoms with Crippen molar-refractivity contribution in [2.75, 3.05) is 13.2 Å². The minimum absolute atomic E-state index is 0.165. The average Bonchev–Trinajstić information content (AvgIpc) is 2.25. The largest absolute Gasteiger partial charge is 0.415 e. The summed E-state index contributed by atoms with van der Waals surface area (Å²) in [6.07, 6.45) is 3.22. The first-order chi connectivity index (χ1) is 8.15. The van der Waals surface area contributed by atoms with Crippen molar-refractivity contribution in [2.45, 2.75) is 64.2 Å². The number of amides is 1. The van der Waals surface area contributed by atoms with E-state index in [9.17, 15) is 4.79 Å². The molecule has 1 atom stereocenters. The maximum atomic E-state index is 11.4. The highest BCUT2D eigenvalue weighted by molar-refractivity contribution is 6.74. The number of piperidine rings is 1. The first-order valence-corrected chi connectivity index (χ1v) is 10.0. The van der Waals surface area contributed by atoms with Gasteiger partial charge in [0, 0.05) is 6.54 Å². The Kier molecular flexibility index (Phi) is 5.27. The summed E-state index contributed by atoms with van der Waals surface area (Å²) in [4.78, 5) is 13.1. The molecule has 18 heavy (non-hydrogen) atoms. The topological polar surface area (TPSA) is 29.5 Å². The van der Waals surface area contributed by atoms with Crippen molar-refractivity contribution in [3.63, 3.8) is 0 Å². The van der Waals surface area contributed by atoms with Crippen LogP contribution in [0.4, 0.5) is 4.79 Å². The van der Waals surface area contributed by atoms with E-state index in [1.807, 2.05) is 0 Å². The number of hydrogen-bond acceptors (Lipinski definition) is 2. The fourth-order valence-electron chi connectivity index (χ4n) is 1.93. The van der Waals surface area contributed by atoms with Crippen LogP contribution in [0.2, 0.25) is 18.1 Å². The smallest absolute Gasteiger partial charge is 0.316 e. The zero-order chi connectivity index (χ0) is 14.0. The van der Waals surface area contributed by atoms with E-state index in [-0.39, 0.29) is 16.4 Å². The van der Waals surface area contributed by atoms with E-state index in [4.69, 9.17) is 16.0 Å². The van der Waals surface area contributed by atoms with Crippen LogP contribution in [0.25, 0.3) is 0 Å². The van der Waals surface area contributed by atoms with Crippen molar-refractivity contribution in [3.8, 4) is 0 Å². The molecule has 1 unspecified atom stereocenters. The first kappa shape index (κ1) is 16.0. The lowest BCUT2D eigenvalue weighted by atomic mass is 10.0. The number of likely N-dealkylation sites (tertiary alicyclic amines) is 1. The van der Waals surface area contributed by atoms with E-state index >= 15 is 0 Å². The van der Waals surface area contributed by atoms with E-state index in [0.717, 1.165) is 25.8 Å². The lowest BCUT2D eigenvalue weighted by Gasteiger charge is -2.40. The molecule has 1 aliphatic heterocycles. The highest BCUT2D eigenvalue weighted by atomic mass is 35.5. The molecule has 0 bridgehead atoms. The summed E-state index contributed by atoms with van der Waals surface area (Å²) in [5, 5.41) is -0.129. The molecule has 0 radical (unpaired) electrons. The Morgan fingerprint density at radius 2 is 2.00 bits per heavy atom. The quantitative estimate of drug-likeness (QED) is 0.443. The number of halogens is 1. The lowest BCUT2D eigenvalue weighted by molar-refractivity contribution is 0.124. The minimum atomic E-state index is -1.73. The van der Waals surface area contributed by atoms with Crippen molar-refractivity contribution >= 4 is 25.3 Å². The monoisotopic (exact) mass is 291 g/mol. The van der Waals surface area contributed by atoms with Crippen LogP contribution in [0, 0.1) is 0 Å². The Bertz CT molecular complexity index is 302. The van der Waals surface area contributed by atoms with Crippen LogP contribution >= 0.6 is 11.6 Å².